The summed E-state index contributed by atoms with van der Waals surface area (Å²) in [5.74, 6) is 2.17. The largest absolute Gasteiger partial charge is 0.493 e. The summed E-state index contributed by atoms with van der Waals surface area (Å²) in [7, 11) is 3.25. The van der Waals surface area contributed by atoms with Crippen molar-refractivity contribution in [2.24, 2.45) is 4.99 Å². The lowest BCUT2D eigenvalue weighted by atomic mass is 10.2. The van der Waals surface area contributed by atoms with Crippen molar-refractivity contribution in [1.82, 2.24) is 10.6 Å². The molecule has 0 amide bonds. The lowest BCUT2D eigenvalue weighted by Gasteiger charge is -2.13. The summed E-state index contributed by atoms with van der Waals surface area (Å²) in [6, 6.07) is 8.09. The zero-order valence-corrected chi connectivity index (χ0v) is 16.5. The molecule has 0 aliphatic heterocycles. The number of rotatable bonds is 7. The number of guanidine groups is 1. The van der Waals surface area contributed by atoms with Gasteiger partial charge in [-0.25, -0.2) is 4.99 Å². The summed E-state index contributed by atoms with van der Waals surface area (Å²) in [5, 5.41) is 8.67. The molecule has 0 bridgehead atoms. The molecule has 0 saturated carbocycles. The minimum absolute atomic E-state index is 0.540. The Balaban J connectivity index is 2.08. The Morgan fingerprint density at radius 2 is 2.08 bits per heavy atom. The summed E-state index contributed by atoms with van der Waals surface area (Å²) in [6.45, 7) is 4.17. The lowest BCUT2D eigenvalue weighted by Crippen LogP contribution is -2.36. The molecule has 1 aromatic heterocycles. The van der Waals surface area contributed by atoms with E-state index >= 15 is 0 Å². The van der Waals surface area contributed by atoms with Crippen molar-refractivity contribution in [3.05, 3.63) is 44.6 Å². The average molecular weight is 412 g/mol. The number of nitrogens with one attached hydrogen (secondary N) is 2. The summed E-state index contributed by atoms with van der Waals surface area (Å²) >= 11 is 5.24. The molecule has 0 radical (unpaired) electrons. The van der Waals surface area contributed by atoms with E-state index in [1.165, 1.54) is 4.88 Å². The second kappa shape index (κ2) is 9.54. The maximum atomic E-state index is 5.38. The first-order valence-corrected chi connectivity index (χ1v) is 9.30. The zero-order chi connectivity index (χ0) is 17.4. The van der Waals surface area contributed by atoms with Gasteiger partial charge in [-0.1, -0.05) is 6.07 Å². The third-order valence-corrected chi connectivity index (χ3v) is 4.73. The first-order valence-electron chi connectivity index (χ1n) is 7.62. The summed E-state index contributed by atoms with van der Waals surface area (Å²) in [6.07, 6.45) is 0. The van der Waals surface area contributed by atoms with Gasteiger partial charge in [-0.3, -0.25) is 0 Å². The summed E-state index contributed by atoms with van der Waals surface area (Å²) in [5.41, 5.74) is 1.04. The van der Waals surface area contributed by atoms with Crippen LogP contribution in [-0.4, -0.2) is 26.7 Å². The van der Waals surface area contributed by atoms with Crippen molar-refractivity contribution in [2.75, 3.05) is 20.8 Å². The second-order valence-corrected chi connectivity index (χ2v) is 6.83. The van der Waals surface area contributed by atoms with Gasteiger partial charge in [0.1, 0.15) is 0 Å². The van der Waals surface area contributed by atoms with Crippen LogP contribution in [0.3, 0.4) is 0 Å². The normalized spacial score (nSPS) is 11.2. The van der Waals surface area contributed by atoms with Gasteiger partial charge in [-0.05, 0) is 52.0 Å². The molecule has 1 aromatic carbocycles. The summed E-state index contributed by atoms with van der Waals surface area (Å²) in [4.78, 5) is 5.91. The molecule has 0 unspecified atom stereocenters. The highest BCUT2D eigenvalue weighted by Gasteiger charge is 2.10. The van der Waals surface area contributed by atoms with Crippen molar-refractivity contribution in [3.63, 3.8) is 0 Å². The molecule has 24 heavy (non-hydrogen) atoms. The molecular weight excluding hydrogens is 390 g/mol. The number of methoxy groups -OCH3 is 2. The highest BCUT2D eigenvalue weighted by Crippen LogP contribution is 2.36. The highest BCUT2D eigenvalue weighted by atomic mass is 79.9. The standard InChI is InChI=1S/C17H22BrN3O2S/c1-4-19-17(21-11-13-6-5-7-24-13)20-10-12-8-14(18)16(23-3)15(9-12)22-2/h5-9H,4,10-11H2,1-3H3,(H2,19,20,21). The molecule has 7 heteroatoms. The van der Waals surface area contributed by atoms with Crippen molar-refractivity contribution >= 4 is 33.2 Å². The van der Waals surface area contributed by atoms with Crippen LogP contribution in [0.15, 0.2) is 39.1 Å². The van der Waals surface area contributed by atoms with Crippen LogP contribution in [0.2, 0.25) is 0 Å². The summed E-state index contributed by atoms with van der Waals surface area (Å²) < 4.78 is 11.6. The predicted molar refractivity (Wildman–Crippen MR) is 103 cm³/mol. The van der Waals surface area contributed by atoms with Crippen LogP contribution < -0.4 is 20.1 Å². The molecule has 0 spiro atoms. The Kier molecular flexibility index (Phi) is 7.39. The molecule has 0 aliphatic rings. The first kappa shape index (κ1) is 18.6. The number of hydrogen-bond donors (Lipinski definition) is 2. The molecule has 0 atom stereocenters. The van der Waals surface area contributed by atoms with Crippen LogP contribution in [-0.2, 0) is 13.1 Å². The lowest BCUT2D eigenvalue weighted by molar-refractivity contribution is 0.352. The van der Waals surface area contributed by atoms with Crippen molar-refractivity contribution < 1.29 is 9.47 Å². The molecule has 2 rings (SSSR count). The molecule has 0 aliphatic carbocycles. The van der Waals surface area contributed by atoms with Gasteiger partial charge in [0.25, 0.3) is 0 Å². The van der Waals surface area contributed by atoms with Crippen LogP contribution in [0.5, 0.6) is 11.5 Å². The van der Waals surface area contributed by atoms with E-state index in [1.807, 2.05) is 18.2 Å². The van der Waals surface area contributed by atoms with Gasteiger partial charge in [0.05, 0.1) is 31.8 Å². The van der Waals surface area contributed by atoms with E-state index in [-0.39, 0.29) is 0 Å². The number of thiophene rings is 1. The molecule has 0 fully saturated rings. The van der Waals surface area contributed by atoms with Crippen molar-refractivity contribution in [2.45, 2.75) is 20.0 Å². The Labute approximate surface area is 155 Å². The Morgan fingerprint density at radius 3 is 2.71 bits per heavy atom. The number of halogens is 1. The van der Waals surface area contributed by atoms with Gasteiger partial charge in [0.2, 0.25) is 0 Å². The van der Waals surface area contributed by atoms with Crippen LogP contribution in [0.4, 0.5) is 0 Å². The van der Waals surface area contributed by atoms with Gasteiger partial charge >= 0.3 is 0 Å². The van der Waals surface area contributed by atoms with Gasteiger partial charge < -0.3 is 20.1 Å². The minimum Gasteiger partial charge on any atom is -0.493 e. The fourth-order valence-corrected chi connectivity index (χ4v) is 3.45. The van der Waals surface area contributed by atoms with E-state index in [0.29, 0.717) is 18.0 Å². The quantitative estimate of drug-likeness (QED) is 0.537. The number of nitrogens with zero attached hydrogens (tertiary/aromatic N) is 1. The number of ether oxygens (including phenoxy) is 2. The van der Waals surface area contributed by atoms with E-state index in [4.69, 9.17) is 9.47 Å². The van der Waals surface area contributed by atoms with E-state index in [0.717, 1.165) is 29.1 Å². The van der Waals surface area contributed by atoms with Crippen molar-refractivity contribution in [1.29, 1.82) is 0 Å². The fourth-order valence-electron chi connectivity index (χ4n) is 2.16. The van der Waals surface area contributed by atoms with Gasteiger partial charge in [-0.2, -0.15) is 0 Å². The molecule has 5 nitrogen and oxygen atoms in total. The minimum atomic E-state index is 0.540. The van der Waals surface area contributed by atoms with E-state index in [9.17, 15) is 0 Å². The number of hydrogen-bond acceptors (Lipinski definition) is 4. The Morgan fingerprint density at radius 1 is 1.25 bits per heavy atom. The predicted octanol–water partition coefficient (Wildman–Crippen LogP) is 3.78. The van der Waals surface area contributed by atoms with Crippen LogP contribution in [0.1, 0.15) is 17.4 Å². The smallest absolute Gasteiger partial charge is 0.191 e. The maximum absolute atomic E-state index is 5.38. The van der Waals surface area contributed by atoms with E-state index < -0.39 is 0 Å². The third kappa shape index (κ3) is 5.14. The van der Waals surface area contributed by atoms with Crippen molar-refractivity contribution in [3.8, 4) is 11.5 Å². The maximum Gasteiger partial charge on any atom is 0.191 e. The average Bonchev–Trinajstić information content (AvgIpc) is 3.10. The highest BCUT2D eigenvalue weighted by molar-refractivity contribution is 9.10. The third-order valence-electron chi connectivity index (χ3n) is 3.27. The zero-order valence-electron chi connectivity index (χ0n) is 14.1. The van der Waals surface area contributed by atoms with Crippen LogP contribution >= 0.6 is 27.3 Å². The Bertz CT molecular complexity index is 675. The van der Waals surface area contributed by atoms with Crippen LogP contribution in [0.25, 0.3) is 0 Å². The Hall–Kier alpha value is -1.73. The second-order valence-electron chi connectivity index (χ2n) is 4.94. The first-order chi connectivity index (χ1) is 11.7. The molecular formula is C17H22BrN3O2S. The molecule has 2 aromatic rings. The number of benzene rings is 1. The number of aliphatic imine (C=N–C) groups is 1. The van der Waals surface area contributed by atoms with Gasteiger partial charge in [0, 0.05) is 11.4 Å². The monoisotopic (exact) mass is 411 g/mol. The van der Waals surface area contributed by atoms with Gasteiger partial charge in [-0.15, -0.1) is 11.3 Å². The topological polar surface area (TPSA) is 54.9 Å². The molecule has 130 valence electrons. The van der Waals surface area contributed by atoms with Gasteiger partial charge in [0.15, 0.2) is 17.5 Å². The van der Waals surface area contributed by atoms with E-state index in [1.54, 1.807) is 25.6 Å². The van der Waals surface area contributed by atoms with E-state index in [2.05, 4.69) is 49.9 Å². The SMILES string of the molecule is CCNC(=NCc1cc(Br)c(OC)c(OC)c1)NCc1cccs1. The molecule has 2 N–H and O–H groups in total. The fraction of sp³-hybridized carbons (Fsp3) is 0.353. The molecule has 1 heterocycles. The molecule has 0 saturated heterocycles. The van der Waals surface area contributed by atoms with Crippen LogP contribution in [0, 0.1) is 0 Å².